The van der Waals surface area contributed by atoms with Crippen LogP contribution in [-0.4, -0.2) is 0 Å². The first-order valence-corrected chi connectivity index (χ1v) is 14.0. The third kappa shape index (κ3) is 3.28. The zero-order valence-electron chi connectivity index (χ0n) is 22.7. The van der Waals surface area contributed by atoms with Gasteiger partial charge >= 0.3 is 0 Å². The Balaban J connectivity index is 1.40. The van der Waals surface area contributed by atoms with E-state index in [-0.39, 0.29) is 5.41 Å². The Kier molecular flexibility index (Phi) is 4.93. The van der Waals surface area contributed by atoms with Gasteiger partial charge in [0.05, 0.1) is 5.69 Å². The quantitative estimate of drug-likeness (QED) is 0.213. The van der Waals surface area contributed by atoms with Gasteiger partial charge < -0.3 is 4.90 Å². The smallest absolute Gasteiger partial charge is 0.0543 e. The molecule has 0 atom stereocenters. The average Bonchev–Trinajstić information content (AvgIpc) is 3.24. The van der Waals surface area contributed by atoms with Crippen LogP contribution in [0.2, 0.25) is 0 Å². The lowest BCUT2D eigenvalue weighted by Crippen LogP contribution is -2.16. The standard InChI is InChI=1S/C39H29N/c1-39(2)34-16-9-8-15-33(34)38-35(39)17-10-18-36(38)40(29-12-4-3-5-13-29)30-23-24-32-28(25-30)22-21-27-20-19-26-11-6-7-14-31(26)37(27)32/h3-25H,1-2H3. The lowest BCUT2D eigenvalue weighted by Gasteiger charge is -2.29. The maximum Gasteiger partial charge on any atom is 0.0543 e. The predicted molar refractivity (Wildman–Crippen MR) is 171 cm³/mol. The minimum atomic E-state index is -0.0480. The summed E-state index contributed by atoms with van der Waals surface area (Å²) in [5.41, 5.74) is 8.92. The molecule has 0 radical (unpaired) electrons. The van der Waals surface area contributed by atoms with Gasteiger partial charge in [0.1, 0.15) is 0 Å². The van der Waals surface area contributed by atoms with Crippen molar-refractivity contribution in [1.82, 2.24) is 0 Å². The van der Waals surface area contributed by atoms with Gasteiger partial charge in [-0.05, 0) is 79.3 Å². The zero-order chi connectivity index (χ0) is 26.8. The molecule has 0 saturated carbocycles. The molecule has 8 rings (SSSR count). The molecule has 0 aromatic heterocycles. The number of hydrogen-bond acceptors (Lipinski definition) is 1. The third-order valence-corrected chi connectivity index (χ3v) is 8.81. The molecule has 0 unspecified atom stereocenters. The van der Waals surface area contributed by atoms with E-state index in [2.05, 4.69) is 158 Å². The van der Waals surface area contributed by atoms with Crippen LogP contribution in [0.15, 0.2) is 140 Å². The van der Waals surface area contributed by atoms with Gasteiger partial charge in [-0.15, -0.1) is 0 Å². The number of fused-ring (bicyclic) bond motifs is 8. The minimum Gasteiger partial charge on any atom is -0.310 e. The predicted octanol–water partition coefficient (Wildman–Crippen LogP) is 10.9. The molecule has 0 bridgehead atoms. The van der Waals surface area contributed by atoms with E-state index in [1.54, 1.807) is 0 Å². The highest BCUT2D eigenvalue weighted by Crippen LogP contribution is 2.54. The van der Waals surface area contributed by atoms with Gasteiger partial charge in [0.15, 0.2) is 0 Å². The normalized spacial score (nSPS) is 13.4. The molecule has 0 N–H and O–H groups in total. The van der Waals surface area contributed by atoms with Crippen molar-refractivity contribution in [1.29, 1.82) is 0 Å². The molecule has 40 heavy (non-hydrogen) atoms. The first kappa shape index (κ1) is 23.0. The third-order valence-electron chi connectivity index (χ3n) is 8.81. The number of anilines is 3. The maximum absolute atomic E-state index is 2.43. The molecule has 7 aromatic carbocycles. The summed E-state index contributed by atoms with van der Waals surface area (Å²) < 4.78 is 0. The zero-order valence-corrected chi connectivity index (χ0v) is 22.7. The van der Waals surface area contributed by atoms with Gasteiger partial charge in [-0.25, -0.2) is 0 Å². The van der Waals surface area contributed by atoms with E-state index < -0.39 is 0 Å². The first-order chi connectivity index (χ1) is 19.6. The molecule has 1 nitrogen and oxygen atoms in total. The molecular weight excluding hydrogens is 482 g/mol. The van der Waals surface area contributed by atoms with Crippen LogP contribution in [0.5, 0.6) is 0 Å². The molecule has 0 amide bonds. The number of para-hydroxylation sites is 1. The minimum absolute atomic E-state index is 0.0480. The SMILES string of the molecule is CC1(C)c2ccccc2-c2c(N(c3ccccc3)c3ccc4c(ccc5ccc6ccccc6c54)c3)cccc21. The van der Waals surface area contributed by atoms with Gasteiger partial charge in [-0.2, -0.15) is 0 Å². The van der Waals surface area contributed by atoms with Crippen LogP contribution in [0.1, 0.15) is 25.0 Å². The van der Waals surface area contributed by atoms with Crippen LogP contribution >= 0.6 is 0 Å². The highest BCUT2D eigenvalue weighted by atomic mass is 15.1. The Labute approximate surface area is 234 Å². The van der Waals surface area contributed by atoms with E-state index in [1.165, 1.54) is 60.3 Å². The molecule has 190 valence electrons. The Morgan fingerprint density at radius 3 is 2.02 bits per heavy atom. The summed E-state index contributed by atoms with van der Waals surface area (Å²) in [4.78, 5) is 2.43. The highest BCUT2D eigenvalue weighted by Gasteiger charge is 2.37. The second-order valence-corrected chi connectivity index (χ2v) is 11.4. The number of hydrogen-bond donors (Lipinski definition) is 0. The monoisotopic (exact) mass is 511 g/mol. The molecule has 1 heteroatoms. The lowest BCUT2D eigenvalue weighted by molar-refractivity contribution is 0.660. The first-order valence-electron chi connectivity index (χ1n) is 14.0. The van der Waals surface area contributed by atoms with Crippen molar-refractivity contribution < 1.29 is 0 Å². The fourth-order valence-corrected chi connectivity index (χ4v) is 6.89. The van der Waals surface area contributed by atoms with Crippen molar-refractivity contribution in [3.05, 3.63) is 151 Å². The van der Waals surface area contributed by atoms with Crippen LogP contribution in [0.25, 0.3) is 43.4 Å². The topological polar surface area (TPSA) is 3.24 Å². The van der Waals surface area contributed by atoms with E-state index in [4.69, 9.17) is 0 Å². The number of nitrogens with zero attached hydrogens (tertiary/aromatic N) is 1. The molecule has 0 saturated heterocycles. The van der Waals surface area contributed by atoms with E-state index in [0.29, 0.717) is 0 Å². The molecule has 0 aliphatic heterocycles. The van der Waals surface area contributed by atoms with Gasteiger partial charge in [-0.1, -0.05) is 123 Å². The van der Waals surface area contributed by atoms with E-state index in [1.807, 2.05) is 0 Å². The van der Waals surface area contributed by atoms with Crippen LogP contribution in [0, 0.1) is 0 Å². The van der Waals surface area contributed by atoms with Gasteiger partial charge in [-0.3, -0.25) is 0 Å². The lowest BCUT2D eigenvalue weighted by atomic mass is 9.82. The average molecular weight is 512 g/mol. The highest BCUT2D eigenvalue weighted by molar-refractivity contribution is 6.20. The summed E-state index contributed by atoms with van der Waals surface area (Å²) in [6, 6.07) is 51.2. The van der Waals surface area contributed by atoms with E-state index in [0.717, 1.165) is 11.4 Å². The summed E-state index contributed by atoms with van der Waals surface area (Å²) in [5.74, 6) is 0. The van der Waals surface area contributed by atoms with E-state index >= 15 is 0 Å². The number of benzene rings is 7. The van der Waals surface area contributed by atoms with Crippen molar-refractivity contribution >= 4 is 49.4 Å². The summed E-state index contributed by atoms with van der Waals surface area (Å²) in [7, 11) is 0. The van der Waals surface area contributed by atoms with Gasteiger partial charge in [0.2, 0.25) is 0 Å². The Morgan fingerprint density at radius 1 is 0.475 bits per heavy atom. The van der Waals surface area contributed by atoms with Crippen LogP contribution < -0.4 is 4.90 Å². The molecule has 1 aliphatic carbocycles. The summed E-state index contributed by atoms with van der Waals surface area (Å²) in [6.45, 7) is 4.69. The molecule has 7 aromatic rings. The maximum atomic E-state index is 2.43. The fourth-order valence-electron chi connectivity index (χ4n) is 6.89. The van der Waals surface area contributed by atoms with Crippen molar-refractivity contribution in [2.75, 3.05) is 4.90 Å². The van der Waals surface area contributed by atoms with Crippen LogP contribution in [0.3, 0.4) is 0 Å². The van der Waals surface area contributed by atoms with Crippen LogP contribution in [0.4, 0.5) is 17.1 Å². The molecule has 0 spiro atoms. The van der Waals surface area contributed by atoms with Crippen molar-refractivity contribution in [2.45, 2.75) is 19.3 Å². The van der Waals surface area contributed by atoms with Crippen molar-refractivity contribution in [3.8, 4) is 11.1 Å². The summed E-state index contributed by atoms with van der Waals surface area (Å²) in [6.07, 6.45) is 0. The van der Waals surface area contributed by atoms with Gasteiger partial charge in [0.25, 0.3) is 0 Å². The molecular formula is C39H29N. The summed E-state index contributed by atoms with van der Waals surface area (Å²) >= 11 is 0. The summed E-state index contributed by atoms with van der Waals surface area (Å²) in [5, 5.41) is 7.71. The second-order valence-electron chi connectivity index (χ2n) is 11.4. The van der Waals surface area contributed by atoms with Crippen molar-refractivity contribution in [3.63, 3.8) is 0 Å². The fraction of sp³-hybridized carbons (Fsp3) is 0.0769. The molecule has 0 heterocycles. The Hall–Kier alpha value is -4.88. The van der Waals surface area contributed by atoms with E-state index in [9.17, 15) is 0 Å². The second kappa shape index (κ2) is 8.56. The van der Waals surface area contributed by atoms with Crippen molar-refractivity contribution in [2.24, 2.45) is 0 Å². The molecule has 1 aliphatic rings. The van der Waals surface area contributed by atoms with Gasteiger partial charge in [0, 0.05) is 22.4 Å². The van der Waals surface area contributed by atoms with Crippen LogP contribution in [-0.2, 0) is 5.41 Å². The Bertz CT molecular complexity index is 2080. The largest absolute Gasteiger partial charge is 0.310 e. The molecule has 0 fully saturated rings. The Morgan fingerprint density at radius 2 is 1.15 bits per heavy atom. The number of rotatable bonds is 3.